The Balaban J connectivity index is 1.60. The Morgan fingerprint density at radius 2 is 1.93 bits per heavy atom. The molecule has 3 fully saturated rings. The van der Waals surface area contributed by atoms with Crippen LogP contribution in [0.25, 0.3) is 0 Å². The van der Waals surface area contributed by atoms with Crippen LogP contribution in [0, 0.1) is 17.8 Å². The zero-order valence-corrected chi connectivity index (χ0v) is 8.70. The Morgan fingerprint density at radius 1 is 1.29 bits per heavy atom. The first-order valence-electron chi connectivity index (χ1n) is 5.76. The third-order valence-corrected chi connectivity index (χ3v) is 4.35. The number of rotatable bonds is 2. The van der Waals surface area contributed by atoms with E-state index in [-0.39, 0.29) is 0 Å². The lowest BCUT2D eigenvalue weighted by Gasteiger charge is -2.36. The number of likely N-dealkylation sites (N-methyl/N-ethyl adjacent to an activating group) is 1. The molecule has 0 bridgehead atoms. The molecule has 2 atom stereocenters. The highest BCUT2D eigenvalue weighted by Gasteiger charge is 2.57. The minimum atomic E-state index is 0.411. The first kappa shape index (κ1) is 8.72. The third-order valence-electron chi connectivity index (χ3n) is 4.35. The van der Waals surface area contributed by atoms with Gasteiger partial charge in [0.25, 0.3) is 0 Å². The van der Waals surface area contributed by atoms with Crippen molar-refractivity contribution < 1.29 is 4.79 Å². The zero-order valence-electron chi connectivity index (χ0n) is 8.70. The molecule has 0 radical (unpaired) electrons. The maximum absolute atomic E-state index is 12.1. The summed E-state index contributed by atoms with van der Waals surface area (Å²) in [6, 6.07) is 0.476. The minimum absolute atomic E-state index is 0.411. The topological polar surface area (TPSA) is 32.3 Å². The number of amides is 1. The smallest absolute Gasteiger partial charge is 0.226 e. The number of carbonyl (C=O) groups is 1. The van der Waals surface area contributed by atoms with Gasteiger partial charge in [0.15, 0.2) is 0 Å². The molecule has 1 saturated heterocycles. The number of hydrogen-bond acceptors (Lipinski definition) is 2. The van der Waals surface area contributed by atoms with Gasteiger partial charge in [-0.05, 0) is 24.7 Å². The first-order valence-corrected chi connectivity index (χ1v) is 5.76. The van der Waals surface area contributed by atoms with Crippen LogP contribution in [0.3, 0.4) is 0 Å². The van der Waals surface area contributed by atoms with E-state index in [1.54, 1.807) is 0 Å². The van der Waals surface area contributed by atoms with E-state index in [4.69, 9.17) is 0 Å². The molecule has 0 aromatic carbocycles. The van der Waals surface area contributed by atoms with Crippen molar-refractivity contribution in [1.29, 1.82) is 0 Å². The molecule has 2 saturated carbocycles. The molecule has 0 spiro atoms. The van der Waals surface area contributed by atoms with Crippen LogP contribution in [-0.2, 0) is 4.79 Å². The third kappa shape index (κ3) is 1.11. The number of hydrogen-bond donors (Lipinski definition) is 1. The summed E-state index contributed by atoms with van der Waals surface area (Å²) >= 11 is 0. The van der Waals surface area contributed by atoms with Crippen molar-refractivity contribution in [2.75, 3.05) is 20.1 Å². The van der Waals surface area contributed by atoms with Crippen LogP contribution < -0.4 is 5.32 Å². The predicted octanol–water partition coefficient (Wildman–Crippen LogP) is 0.463. The Bertz CT molecular complexity index is 245. The fraction of sp³-hybridized carbons (Fsp3) is 0.909. The summed E-state index contributed by atoms with van der Waals surface area (Å²) in [5.74, 6) is 2.36. The van der Waals surface area contributed by atoms with Gasteiger partial charge in [0.05, 0.1) is 6.04 Å². The van der Waals surface area contributed by atoms with Gasteiger partial charge in [0.1, 0.15) is 0 Å². The van der Waals surface area contributed by atoms with Crippen molar-refractivity contribution in [1.82, 2.24) is 10.2 Å². The van der Waals surface area contributed by atoms with Gasteiger partial charge < -0.3 is 10.2 Å². The molecule has 1 aliphatic heterocycles. The Hall–Kier alpha value is -0.570. The van der Waals surface area contributed by atoms with E-state index in [1.165, 1.54) is 19.3 Å². The maximum Gasteiger partial charge on any atom is 0.226 e. The molecule has 3 aliphatic rings. The van der Waals surface area contributed by atoms with Gasteiger partial charge in [-0.3, -0.25) is 4.79 Å². The van der Waals surface area contributed by atoms with E-state index in [2.05, 4.69) is 5.32 Å². The SMILES string of the molecule is CN(C(=O)C1C2CCCC21)C1CNC1. The monoisotopic (exact) mass is 194 g/mol. The predicted molar refractivity (Wildman–Crippen MR) is 53.7 cm³/mol. The molecule has 3 rings (SSSR count). The molecule has 1 amide bonds. The van der Waals surface area contributed by atoms with Crippen LogP contribution in [0.1, 0.15) is 19.3 Å². The standard InChI is InChI=1S/C11H18N2O/c1-13(7-5-12-6-7)11(14)10-8-3-2-4-9(8)10/h7-10,12H,2-6H2,1H3. The lowest BCUT2D eigenvalue weighted by Crippen LogP contribution is -2.57. The second-order valence-corrected chi connectivity index (χ2v) is 5.05. The summed E-state index contributed by atoms with van der Waals surface area (Å²) in [5, 5.41) is 3.21. The van der Waals surface area contributed by atoms with Crippen LogP contribution in [0.2, 0.25) is 0 Å². The van der Waals surface area contributed by atoms with Crippen molar-refractivity contribution in [3.63, 3.8) is 0 Å². The van der Waals surface area contributed by atoms with Crippen molar-refractivity contribution in [2.45, 2.75) is 25.3 Å². The van der Waals surface area contributed by atoms with Crippen LogP contribution in [-0.4, -0.2) is 37.0 Å². The van der Waals surface area contributed by atoms with Crippen molar-refractivity contribution in [3.8, 4) is 0 Å². The van der Waals surface area contributed by atoms with Gasteiger partial charge >= 0.3 is 0 Å². The van der Waals surface area contributed by atoms with Gasteiger partial charge in [-0.1, -0.05) is 6.42 Å². The van der Waals surface area contributed by atoms with Crippen LogP contribution >= 0.6 is 0 Å². The summed E-state index contributed by atoms with van der Waals surface area (Å²) in [6.07, 6.45) is 3.96. The second-order valence-electron chi connectivity index (χ2n) is 5.05. The summed E-state index contributed by atoms with van der Waals surface area (Å²) in [6.45, 7) is 1.98. The lowest BCUT2D eigenvalue weighted by molar-refractivity contribution is -0.135. The molecule has 0 aromatic heterocycles. The van der Waals surface area contributed by atoms with E-state index >= 15 is 0 Å². The van der Waals surface area contributed by atoms with Gasteiger partial charge in [-0.25, -0.2) is 0 Å². The molecule has 1 heterocycles. The van der Waals surface area contributed by atoms with Gasteiger partial charge in [0, 0.05) is 26.1 Å². The number of fused-ring (bicyclic) bond motifs is 1. The highest BCUT2D eigenvalue weighted by atomic mass is 16.2. The van der Waals surface area contributed by atoms with Crippen molar-refractivity contribution >= 4 is 5.91 Å². The van der Waals surface area contributed by atoms with Crippen LogP contribution in [0.5, 0.6) is 0 Å². The fourth-order valence-electron chi connectivity index (χ4n) is 3.15. The molecule has 2 aliphatic carbocycles. The normalized spacial score (nSPS) is 40.2. The van der Waals surface area contributed by atoms with Gasteiger partial charge in [-0.15, -0.1) is 0 Å². The highest BCUT2D eigenvalue weighted by Crippen LogP contribution is 2.58. The van der Waals surface area contributed by atoms with Crippen molar-refractivity contribution in [2.24, 2.45) is 17.8 Å². The van der Waals surface area contributed by atoms with E-state index in [1.807, 2.05) is 11.9 Å². The summed E-state index contributed by atoms with van der Waals surface area (Å²) in [7, 11) is 1.97. The van der Waals surface area contributed by atoms with Gasteiger partial charge in [-0.2, -0.15) is 0 Å². The van der Waals surface area contributed by atoms with Crippen molar-refractivity contribution in [3.05, 3.63) is 0 Å². The number of nitrogens with zero attached hydrogens (tertiary/aromatic N) is 1. The average Bonchev–Trinajstić information content (AvgIpc) is 2.54. The van der Waals surface area contributed by atoms with E-state index < -0.39 is 0 Å². The molecular weight excluding hydrogens is 176 g/mol. The number of nitrogens with one attached hydrogen (secondary N) is 1. The molecular formula is C11H18N2O. The molecule has 3 nitrogen and oxygen atoms in total. The molecule has 2 unspecified atom stereocenters. The number of carbonyl (C=O) groups excluding carboxylic acids is 1. The average molecular weight is 194 g/mol. The molecule has 1 N–H and O–H groups in total. The summed E-state index contributed by atoms with van der Waals surface area (Å²) in [4.78, 5) is 14.0. The van der Waals surface area contributed by atoms with Gasteiger partial charge in [0.2, 0.25) is 5.91 Å². The van der Waals surface area contributed by atoms with Crippen LogP contribution in [0.4, 0.5) is 0 Å². The van der Waals surface area contributed by atoms with E-state index in [0.717, 1.165) is 24.9 Å². The van der Waals surface area contributed by atoms with E-state index in [0.29, 0.717) is 17.9 Å². The Kier molecular flexibility index (Phi) is 1.84. The lowest BCUT2D eigenvalue weighted by atomic mass is 10.1. The van der Waals surface area contributed by atoms with E-state index in [9.17, 15) is 4.79 Å². The first-order chi connectivity index (χ1) is 6.79. The largest absolute Gasteiger partial charge is 0.340 e. The quantitative estimate of drug-likeness (QED) is 0.693. The zero-order chi connectivity index (χ0) is 9.71. The molecule has 78 valence electrons. The molecule has 14 heavy (non-hydrogen) atoms. The summed E-state index contributed by atoms with van der Waals surface area (Å²) in [5.41, 5.74) is 0. The molecule has 3 heteroatoms. The Morgan fingerprint density at radius 3 is 2.43 bits per heavy atom. The minimum Gasteiger partial charge on any atom is -0.340 e. The maximum atomic E-state index is 12.1. The Labute approximate surface area is 84.8 Å². The molecule has 0 aromatic rings. The highest BCUT2D eigenvalue weighted by molar-refractivity contribution is 5.82. The summed E-state index contributed by atoms with van der Waals surface area (Å²) < 4.78 is 0. The fourth-order valence-corrected chi connectivity index (χ4v) is 3.15. The van der Waals surface area contributed by atoms with Crippen LogP contribution in [0.15, 0.2) is 0 Å². The second kappa shape index (κ2) is 2.96.